The molecule has 0 saturated heterocycles. The summed E-state index contributed by atoms with van der Waals surface area (Å²) in [5.41, 5.74) is 8.54. The van der Waals surface area contributed by atoms with Gasteiger partial charge in [-0.15, -0.1) is 0 Å². The lowest BCUT2D eigenvalue weighted by atomic mass is 9.97. The van der Waals surface area contributed by atoms with Crippen molar-refractivity contribution in [2.45, 2.75) is 12.5 Å². The minimum atomic E-state index is -0.116. The summed E-state index contributed by atoms with van der Waals surface area (Å²) >= 11 is 0. The molecule has 1 aliphatic rings. The Morgan fingerprint density at radius 2 is 2.05 bits per heavy atom. The number of anilines is 2. The normalized spacial score (nSPS) is 18.6. The topological polar surface area (TPSA) is 61.6 Å². The first-order valence-electron chi connectivity index (χ1n) is 6.51. The van der Waals surface area contributed by atoms with Crippen molar-refractivity contribution in [2.24, 2.45) is 0 Å². The van der Waals surface area contributed by atoms with Crippen LogP contribution in [0.1, 0.15) is 5.56 Å². The zero-order valence-electron chi connectivity index (χ0n) is 11.8. The molecule has 1 aromatic rings. The highest BCUT2D eigenvalue weighted by Gasteiger charge is 2.29. The molecule has 0 spiro atoms. The zero-order chi connectivity index (χ0) is 14.0. The maximum atomic E-state index is 12.1. The molecule has 19 heavy (non-hydrogen) atoms. The number of amides is 1. The van der Waals surface area contributed by atoms with Gasteiger partial charge in [-0.3, -0.25) is 9.69 Å². The number of fused-ring (bicyclic) bond motifs is 1. The highest BCUT2D eigenvalue weighted by molar-refractivity contribution is 5.98. The van der Waals surface area contributed by atoms with Gasteiger partial charge >= 0.3 is 0 Å². The van der Waals surface area contributed by atoms with Gasteiger partial charge < -0.3 is 16.0 Å². The van der Waals surface area contributed by atoms with Gasteiger partial charge in [0.15, 0.2) is 0 Å². The first-order valence-corrected chi connectivity index (χ1v) is 6.51. The third kappa shape index (κ3) is 3.24. The van der Waals surface area contributed by atoms with Crippen molar-refractivity contribution in [2.75, 3.05) is 45.3 Å². The van der Waals surface area contributed by atoms with Crippen LogP contribution >= 0.6 is 0 Å². The summed E-state index contributed by atoms with van der Waals surface area (Å²) in [6.45, 7) is 1.80. The van der Waals surface area contributed by atoms with Gasteiger partial charge in [-0.2, -0.15) is 0 Å². The van der Waals surface area contributed by atoms with Gasteiger partial charge in [0.05, 0.1) is 6.04 Å². The van der Waals surface area contributed by atoms with Gasteiger partial charge in [0, 0.05) is 24.5 Å². The summed E-state index contributed by atoms with van der Waals surface area (Å²) in [4.78, 5) is 16.3. The molecule has 0 radical (unpaired) electrons. The van der Waals surface area contributed by atoms with E-state index in [2.05, 4.69) is 15.1 Å². The molecular formula is C14H22N4O. The summed E-state index contributed by atoms with van der Waals surface area (Å²) < 4.78 is 0. The van der Waals surface area contributed by atoms with Crippen molar-refractivity contribution in [1.29, 1.82) is 0 Å². The minimum Gasteiger partial charge on any atom is -0.399 e. The first kappa shape index (κ1) is 13.8. The van der Waals surface area contributed by atoms with Gasteiger partial charge in [-0.1, -0.05) is 0 Å². The standard InChI is InChI=1S/C14H22N4O/c1-17(2)6-7-18(3)13-9-10-8-11(15)4-5-12(10)16-14(13)19/h4-5,8,13H,6-7,9,15H2,1-3H3,(H,16,19). The average Bonchev–Trinajstić information content (AvgIpc) is 2.35. The Morgan fingerprint density at radius 3 is 2.74 bits per heavy atom. The predicted octanol–water partition coefficient (Wildman–Crippen LogP) is 0.625. The monoisotopic (exact) mass is 262 g/mol. The Labute approximate surface area is 114 Å². The van der Waals surface area contributed by atoms with Crippen LogP contribution in [0.2, 0.25) is 0 Å². The number of rotatable bonds is 4. The Kier molecular flexibility index (Phi) is 4.07. The summed E-state index contributed by atoms with van der Waals surface area (Å²) in [7, 11) is 6.06. The number of hydrogen-bond acceptors (Lipinski definition) is 4. The van der Waals surface area contributed by atoms with E-state index in [1.807, 2.05) is 39.3 Å². The summed E-state index contributed by atoms with van der Waals surface area (Å²) in [5.74, 6) is 0.0681. The van der Waals surface area contributed by atoms with E-state index in [1.54, 1.807) is 0 Å². The summed E-state index contributed by atoms with van der Waals surface area (Å²) in [5, 5.41) is 2.96. The van der Waals surface area contributed by atoms with Crippen LogP contribution in [0.5, 0.6) is 0 Å². The number of nitrogens with two attached hydrogens (primary N) is 1. The van der Waals surface area contributed by atoms with Gasteiger partial charge in [-0.05, 0) is 51.3 Å². The fraction of sp³-hybridized carbons (Fsp3) is 0.500. The largest absolute Gasteiger partial charge is 0.399 e. The fourth-order valence-corrected chi connectivity index (χ4v) is 2.29. The number of carbonyl (C=O) groups excluding carboxylic acids is 1. The first-order chi connectivity index (χ1) is 8.97. The molecule has 1 heterocycles. The molecule has 0 aromatic heterocycles. The molecule has 3 N–H and O–H groups in total. The molecule has 104 valence electrons. The van der Waals surface area contributed by atoms with E-state index in [4.69, 9.17) is 5.73 Å². The van der Waals surface area contributed by atoms with Gasteiger partial charge in [0.25, 0.3) is 0 Å². The van der Waals surface area contributed by atoms with Crippen molar-refractivity contribution in [1.82, 2.24) is 9.80 Å². The molecule has 5 nitrogen and oxygen atoms in total. The SMILES string of the molecule is CN(C)CCN(C)C1Cc2cc(N)ccc2NC1=O. The second kappa shape index (κ2) is 5.59. The van der Waals surface area contributed by atoms with Crippen LogP contribution in [0.15, 0.2) is 18.2 Å². The molecule has 2 rings (SSSR count). The lowest BCUT2D eigenvalue weighted by Gasteiger charge is -2.32. The average molecular weight is 262 g/mol. The quantitative estimate of drug-likeness (QED) is 0.781. The molecule has 1 aliphatic heterocycles. The molecule has 0 fully saturated rings. The third-order valence-corrected chi connectivity index (χ3v) is 3.54. The van der Waals surface area contributed by atoms with Gasteiger partial charge in [0.1, 0.15) is 0 Å². The van der Waals surface area contributed by atoms with Crippen molar-refractivity contribution in [3.63, 3.8) is 0 Å². The van der Waals surface area contributed by atoms with E-state index in [1.165, 1.54) is 0 Å². The number of nitrogen functional groups attached to an aromatic ring is 1. The molecule has 1 unspecified atom stereocenters. The van der Waals surface area contributed by atoms with Crippen LogP contribution in [0, 0.1) is 0 Å². The van der Waals surface area contributed by atoms with E-state index in [0.29, 0.717) is 0 Å². The van der Waals surface area contributed by atoms with Crippen LogP contribution < -0.4 is 11.1 Å². The number of benzene rings is 1. The summed E-state index contributed by atoms with van der Waals surface area (Å²) in [6, 6.07) is 5.52. The molecule has 1 amide bonds. The minimum absolute atomic E-state index is 0.0681. The lowest BCUT2D eigenvalue weighted by Crippen LogP contribution is -2.47. The predicted molar refractivity (Wildman–Crippen MR) is 78.2 cm³/mol. The van der Waals surface area contributed by atoms with Crippen molar-refractivity contribution >= 4 is 17.3 Å². The fourth-order valence-electron chi connectivity index (χ4n) is 2.29. The van der Waals surface area contributed by atoms with E-state index < -0.39 is 0 Å². The maximum absolute atomic E-state index is 12.1. The number of hydrogen-bond donors (Lipinski definition) is 2. The molecule has 0 bridgehead atoms. The Morgan fingerprint density at radius 1 is 1.32 bits per heavy atom. The third-order valence-electron chi connectivity index (χ3n) is 3.54. The van der Waals surface area contributed by atoms with E-state index in [-0.39, 0.29) is 11.9 Å². The molecule has 0 aliphatic carbocycles. The maximum Gasteiger partial charge on any atom is 0.242 e. The Hall–Kier alpha value is -1.59. The van der Waals surface area contributed by atoms with Crippen LogP contribution in [0.25, 0.3) is 0 Å². The second-order valence-electron chi connectivity index (χ2n) is 5.41. The lowest BCUT2D eigenvalue weighted by molar-refractivity contribution is -0.121. The van der Waals surface area contributed by atoms with Crippen LogP contribution in [-0.2, 0) is 11.2 Å². The van der Waals surface area contributed by atoms with Gasteiger partial charge in [-0.25, -0.2) is 0 Å². The molecular weight excluding hydrogens is 240 g/mol. The zero-order valence-corrected chi connectivity index (χ0v) is 11.8. The Bertz CT molecular complexity index is 473. The van der Waals surface area contributed by atoms with E-state index >= 15 is 0 Å². The highest BCUT2D eigenvalue weighted by atomic mass is 16.2. The van der Waals surface area contributed by atoms with Crippen LogP contribution in [-0.4, -0.2) is 56.0 Å². The molecule has 1 aromatic carbocycles. The smallest absolute Gasteiger partial charge is 0.242 e. The van der Waals surface area contributed by atoms with Crippen LogP contribution in [0.4, 0.5) is 11.4 Å². The molecule has 0 saturated carbocycles. The van der Waals surface area contributed by atoms with Gasteiger partial charge in [0.2, 0.25) is 5.91 Å². The van der Waals surface area contributed by atoms with E-state index in [0.717, 1.165) is 36.4 Å². The van der Waals surface area contributed by atoms with Crippen molar-refractivity contribution in [3.05, 3.63) is 23.8 Å². The molecule has 1 atom stereocenters. The van der Waals surface area contributed by atoms with Crippen molar-refractivity contribution < 1.29 is 4.79 Å². The second-order valence-corrected chi connectivity index (χ2v) is 5.41. The number of nitrogens with one attached hydrogen (secondary N) is 1. The summed E-state index contributed by atoms with van der Waals surface area (Å²) in [6.07, 6.45) is 0.718. The highest BCUT2D eigenvalue weighted by Crippen LogP contribution is 2.26. The molecule has 5 heteroatoms. The van der Waals surface area contributed by atoms with Crippen LogP contribution in [0.3, 0.4) is 0 Å². The van der Waals surface area contributed by atoms with Crippen molar-refractivity contribution in [3.8, 4) is 0 Å². The Balaban J connectivity index is 2.09. The number of nitrogens with zero attached hydrogens (tertiary/aromatic N) is 2. The number of likely N-dealkylation sites (N-methyl/N-ethyl adjacent to an activating group) is 2. The van der Waals surface area contributed by atoms with E-state index in [9.17, 15) is 4.79 Å². The number of carbonyl (C=O) groups is 1.